The van der Waals surface area contributed by atoms with Crippen LogP contribution >= 0.6 is 0 Å². The van der Waals surface area contributed by atoms with E-state index in [0.29, 0.717) is 6.42 Å². The fourth-order valence-corrected chi connectivity index (χ4v) is 2.89. The molecule has 2 aromatic carbocycles. The third-order valence-corrected chi connectivity index (χ3v) is 4.31. The molecule has 5 heteroatoms. The van der Waals surface area contributed by atoms with E-state index in [1.807, 2.05) is 62.4 Å². The van der Waals surface area contributed by atoms with Crippen molar-refractivity contribution in [2.45, 2.75) is 26.3 Å². The molecular weight excluding hydrogens is 316 g/mol. The summed E-state index contributed by atoms with van der Waals surface area (Å²) in [5, 5.41) is 2.75. The predicted molar refractivity (Wildman–Crippen MR) is 95.6 cm³/mol. The van der Waals surface area contributed by atoms with Gasteiger partial charge in [-0.05, 0) is 36.6 Å². The molecule has 3 rings (SSSR count). The highest BCUT2D eigenvalue weighted by Crippen LogP contribution is 2.19. The van der Waals surface area contributed by atoms with Gasteiger partial charge in [0, 0.05) is 6.42 Å². The Kier molecular flexibility index (Phi) is 5.03. The van der Waals surface area contributed by atoms with Gasteiger partial charge < -0.3 is 10.1 Å². The van der Waals surface area contributed by atoms with Crippen molar-refractivity contribution in [1.29, 1.82) is 0 Å². The lowest BCUT2D eigenvalue weighted by Crippen LogP contribution is -2.35. The first-order valence-electron chi connectivity index (χ1n) is 8.40. The quantitative estimate of drug-likeness (QED) is 0.824. The van der Waals surface area contributed by atoms with Gasteiger partial charge in [0.2, 0.25) is 0 Å². The second-order valence-corrected chi connectivity index (χ2v) is 6.30. The summed E-state index contributed by atoms with van der Waals surface area (Å²) in [5.41, 5.74) is 3.16. The molecule has 2 aromatic rings. The molecule has 1 aliphatic heterocycles. The number of imide groups is 1. The molecule has 1 fully saturated rings. The highest BCUT2D eigenvalue weighted by molar-refractivity contribution is 6.04. The molecular formula is C20H22N2O3. The average molecular weight is 338 g/mol. The topological polar surface area (TPSA) is 58.6 Å². The van der Waals surface area contributed by atoms with Crippen LogP contribution < -0.4 is 10.1 Å². The molecule has 130 valence electrons. The van der Waals surface area contributed by atoms with Crippen molar-refractivity contribution < 1.29 is 14.3 Å². The Morgan fingerprint density at radius 1 is 1.08 bits per heavy atom. The Hall–Kier alpha value is -2.82. The maximum absolute atomic E-state index is 12.5. The minimum absolute atomic E-state index is 0.196. The van der Waals surface area contributed by atoms with E-state index < -0.39 is 6.04 Å². The molecule has 1 N–H and O–H groups in total. The van der Waals surface area contributed by atoms with Gasteiger partial charge in [0.05, 0.1) is 6.54 Å². The van der Waals surface area contributed by atoms with Gasteiger partial charge in [-0.15, -0.1) is 0 Å². The van der Waals surface area contributed by atoms with Crippen LogP contribution in [0.3, 0.4) is 0 Å². The van der Waals surface area contributed by atoms with Crippen LogP contribution in [-0.4, -0.2) is 36.0 Å². The SMILES string of the molecule is Cc1ccc(C)c(OCCN2C(=O)NC(Cc3ccccc3)C2=O)c1. The van der Waals surface area contributed by atoms with Crippen LogP contribution in [0.5, 0.6) is 5.75 Å². The van der Waals surface area contributed by atoms with E-state index in [1.165, 1.54) is 4.90 Å². The molecule has 0 radical (unpaired) electrons. The lowest BCUT2D eigenvalue weighted by molar-refractivity contribution is -0.127. The number of hydrogen-bond donors (Lipinski definition) is 1. The van der Waals surface area contributed by atoms with Crippen LogP contribution in [0.25, 0.3) is 0 Å². The summed E-state index contributed by atoms with van der Waals surface area (Å²) < 4.78 is 5.76. The van der Waals surface area contributed by atoms with E-state index in [4.69, 9.17) is 4.74 Å². The van der Waals surface area contributed by atoms with Crippen molar-refractivity contribution in [1.82, 2.24) is 10.2 Å². The highest BCUT2D eigenvalue weighted by Gasteiger charge is 2.37. The van der Waals surface area contributed by atoms with Gasteiger partial charge in [-0.25, -0.2) is 4.79 Å². The summed E-state index contributed by atoms with van der Waals surface area (Å²) in [5.74, 6) is 0.589. The van der Waals surface area contributed by atoms with Gasteiger partial charge in [0.25, 0.3) is 5.91 Å². The number of aryl methyl sites for hydroxylation is 2. The monoisotopic (exact) mass is 338 g/mol. The van der Waals surface area contributed by atoms with Gasteiger partial charge in [0.1, 0.15) is 18.4 Å². The normalized spacial score (nSPS) is 16.9. The van der Waals surface area contributed by atoms with Gasteiger partial charge in [-0.3, -0.25) is 9.69 Å². The molecule has 0 aromatic heterocycles. The molecule has 0 spiro atoms. The number of nitrogens with one attached hydrogen (secondary N) is 1. The maximum Gasteiger partial charge on any atom is 0.324 e. The number of carbonyl (C=O) groups excluding carboxylic acids is 2. The van der Waals surface area contributed by atoms with Gasteiger partial charge in [-0.1, -0.05) is 42.5 Å². The number of benzene rings is 2. The standard InChI is InChI=1S/C20H22N2O3/c1-14-8-9-15(2)18(12-14)25-11-10-22-19(23)17(21-20(22)24)13-16-6-4-3-5-7-16/h3-9,12,17H,10-11,13H2,1-2H3,(H,21,24). The Balaban J connectivity index is 1.57. The third kappa shape index (κ3) is 3.99. The minimum Gasteiger partial charge on any atom is -0.491 e. The van der Waals surface area contributed by atoms with E-state index in [-0.39, 0.29) is 25.1 Å². The molecule has 3 amide bonds. The molecule has 1 heterocycles. The first-order chi connectivity index (χ1) is 12.0. The Bertz CT molecular complexity index is 774. The lowest BCUT2D eigenvalue weighted by atomic mass is 10.1. The third-order valence-electron chi connectivity index (χ3n) is 4.31. The minimum atomic E-state index is -0.504. The summed E-state index contributed by atoms with van der Waals surface area (Å²) >= 11 is 0. The van der Waals surface area contributed by atoms with Gasteiger partial charge in [-0.2, -0.15) is 0 Å². The second-order valence-electron chi connectivity index (χ2n) is 6.30. The molecule has 0 bridgehead atoms. The van der Waals surface area contributed by atoms with Gasteiger partial charge >= 0.3 is 6.03 Å². The Labute approximate surface area is 147 Å². The molecule has 0 aliphatic carbocycles. The zero-order valence-corrected chi connectivity index (χ0v) is 14.5. The highest BCUT2D eigenvalue weighted by atomic mass is 16.5. The van der Waals surface area contributed by atoms with Crippen molar-refractivity contribution >= 4 is 11.9 Å². The Morgan fingerprint density at radius 3 is 2.60 bits per heavy atom. The molecule has 25 heavy (non-hydrogen) atoms. The van der Waals surface area contributed by atoms with Crippen molar-refractivity contribution in [3.63, 3.8) is 0 Å². The molecule has 1 saturated heterocycles. The fourth-order valence-electron chi connectivity index (χ4n) is 2.89. The van der Waals surface area contributed by atoms with Crippen molar-refractivity contribution in [3.05, 3.63) is 65.2 Å². The van der Waals surface area contributed by atoms with Crippen molar-refractivity contribution in [3.8, 4) is 5.75 Å². The number of rotatable bonds is 6. The van der Waals surface area contributed by atoms with Crippen molar-refractivity contribution in [2.75, 3.05) is 13.2 Å². The van der Waals surface area contributed by atoms with Crippen LogP contribution in [0.1, 0.15) is 16.7 Å². The number of nitrogens with zero attached hydrogens (tertiary/aromatic N) is 1. The molecule has 1 atom stereocenters. The number of amides is 3. The zero-order chi connectivity index (χ0) is 17.8. The van der Waals surface area contributed by atoms with Crippen LogP contribution in [0.4, 0.5) is 4.79 Å². The van der Waals surface area contributed by atoms with Crippen LogP contribution in [0.2, 0.25) is 0 Å². The summed E-state index contributed by atoms with van der Waals surface area (Å²) in [6.07, 6.45) is 0.500. The largest absolute Gasteiger partial charge is 0.491 e. The van der Waals surface area contributed by atoms with Gasteiger partial charge in [0.15, 0.2) is 0 Å². The number of urea groups is 1. The summed E-state index contributed by atoms with van der Waals surface area (Å²) in [6.45, 7) is 4.49. The number of carbonyl (C=O) groups is 2. The molecule has 1 aliphatic rings. The van der Waals surface area contributed by atoms with Crippen LogP contribution in [0, 0.1) is 13.8 Å². The van der Waals surface area contributed by atoms with E-state index in [2.05, 4.69) is 5.32 Å². The van der Waals surface area contributed by atoms with E-state index in [1.54, 1.807) is 0 Å². The first-order valence-corrected chi connectivity index (χ1v) is 8.40. The smallest absolute Gasteiger partial charge is 0.324 e. The van der Waals surface area contributed by atoms with E-state index in [9.17, 15) is 9.59 Å². The lowest BCUT2D eigenvalue weighted by Gasteiger charge is -2.15. The number of ether oxygens (including phenoxy) is 1. The maximum atomic E-state index is 12.5. The molecule has 0 saturated carbocycles. The average Bonchev–Trinajstić information content (AvgIpc) is 2.86. The molecule has 1 unspecified atom stereocenters. The van der Waals surface area contributed by atoms with Crippen LogP contribution in [-0.2, 0) is 11.2 Å². The van der Waals surface area contributed by atoms with Crippen molar-refractivity contribution in [2.24, 2.45) is 0 Å². The summed E-state index contributed by atoms with van der Waals surface area (Å²) in [6, 6.07) is 14.8. The zero-order valence-electron chi connectivity index (χ0n) is 14.5. The first kappa shape index (κ1) is 17.0. The predicted octanol–water partition coefficient (Wildman–Crippen LogP) is 2.85. The van der Waals surface area contributed by atoms with E-state index in [0.717, 1.165) is 22.4 Å². The van der Waals surface area contributed by atoms with E-state index >= 15 is 0 Å². The van der Waals surface area contributed by atoms with Crippen LogP contribution in [0.15, 0.2) is 48.5 Å². The molecule has 5 nitrogen and oxygen atoms in total. The Morgan fingerprint density at radius 2 is 1.84 bits per heavy atom. The second kappa shape index (κ2) is 7.38. The number of hydrogen-bond acceptors (Lipinski definition) is 3. The fraction of sp³-hybridized carbons (Fsp3) is 0.300. The summed E-state index contributed by atoms with van der Waals surface area (Å²) in [7, 11) is 0. The summed E-state index contributed by atoms with van der Waals surface area (Å²) in [4.78, 5) is 25.8.